The molecule has 2 rings (SSSR count). The van der Waals surface area contributed by atoms with E-state index in [2.05, 4.69) is 4.90 Å². The predicted octanol–water partition coefficient (Wildman–Crippen LogP) is 2.75. The first kappa shape index (κ1) is 19.7. The number of carbonyl (C=O) groups excluding carboxylic acids is 1. The molecule has 6 nitrogen and oxygen atoms in total. The molecule has 0 aliphatic carbocycles. The minimum absolute atomic E-state index is 0.0529. The van der Waals surface area contributed by atoms with Gasteiger partial charge in [0, 0.05) is 25.3 Å². The van der Waals surface area contributed by atoms with Gasteiger partial charge in [0.15, 0.2) is 23.6 Å². The first-order valence-corrected chi connectivity index (χ1v) is 8.74. The molecule has 140 valence electrons. The van der Waals surface area contributed by atoms with Gasteiger partial charge in [-0.25, -0.2) is 0 Å². The fourth-order valence-corrected chi connectivity index (χ4v) is 2.97. The minimum atomic E-state index is -0.601. The molecule has 6 heteroatoms. The van der Waals surface area contributed by atoms with Crippen LogP contribution in [0, 0.1) is 0 Å². The van der Waals surface area contributed by atoms with Crippen LogP contribution in [-0.4, -0.2) is 62.5 Å². The lowest BCUT2D eigenvalue weighted by molar-refractivity contribution is -0.0623. The Morgan fingerprint density at radius 2 is 1.96 bits per heavy atom. The van der Waals surface area contributed by atoms with E-state index in [4.69, 9.17) is 18.9 Å². The summed E-state index contributed by atoms with van der Waals surface area (Å²) in [5.41, 5.74) is 0.000215. The van der Waals surface area contributed by atoms with E-state index in [-0.39, 0.29) is 12.1 Å². The van der Waals surface area contributed by atoms with E-state index in [1.807, 2.05) is 27.7 Å². The molecule has 0 spiro atoms. The molecule has 1 unspecified atom stereocenters. The summed E-state index contributed by atoms with van der Waals surface area (Å²) in [6.07, 6.45) is -0.384. The monoisotopic (exact) mass is 351 g/mol. The smallest absolute Gasteiger partial charge is 0.197 e. The second kappa shape index (κ2) is 8.65. The van der Waals surface area contributed by atoms with Gasteiger partial charge in [0.25, 0.3) is 0 Å². The Balaban J connectivity index is 2.19. The number of methoxy groups -OCH3 is 1. The normalized spacial score (nSPS) is 17.2. The molecule has 1 heterocycles. The van der Waals surface area contributed by atoms with E-state index >= 15 is 0 Å². The van der Waals surface area contributed by atoms with Crippen molar-refractivity contribution in [1.29, 1.82) is 0 Å². The zero-order chi connectivity index (χ0) is 18.4. The van der Waals surface area contributed by atoms with Gasteiger partial charge in [-0.3, -0.25) is 9.69 Å². The Labute approximate surface area is 150 Å². The van der Waals surface area contributed by atoms with Crippen molar-refractivity contribution in [1.82, 2.24) is 4.90 Å². The third-order valence-electron chi connectivity index (χ3n) is 4.48. The zero-order valence-corrected chi connectivity index (χ0v) is 15.8. The van der Waals surface area contributed by atoms with E-state index in [0.717, 1.165) is 13.1 Å². The quantitative estimate of drug-likeness (QED) is 0.530. The molecule has 1 fully saturated rings. The lowest BCUT2D eigenvalue weighted by Gasteiger charge is -2.39. The molecule has 1 aromatic carbocycles. The molecule has 0 aromatic heterocycles. The molecule has 0 saturated carbocycles. The van der Waals surface area contributed by atoms with E-state index in [1.54, 1.807) is 25.3 Å². The summed E-state index contributed by atoms with van der Waals surface area (Å²) in [5.74, 6) is 1.14. The second-order valence-electron chi connectivity index (χ2n) is 6.49. The Kier molecular flexibility index (Phi) is 6.81. The molecule has 0 bridgehead atoms. The summed E-state index contributed by atoms with van der Waals surface area (Å²) in [6.45, 7) is 11.0. The second-order valence-corrected chi connectivity index (χ2v) is 6.49. The van der Waals surface area contributed by atoms with Gasteiger partial charge in [-0.1, -0.05) is 0 Å². The van der Waals surface area contributed by atoms with E-state index < -0.39 is 5.54 Å². The van der Waals surface area contributed by atoms with Gasteiger partial charge in [-0.15, -0.1) is 0 Å². The van der Waals surface area contributed by atoms with Crippen LogP contribution in [0.5, 0.6) is 11.5 Å². The van der Waals surface area contributed by atoms with Gasteiger partial charge in [0.05, 0.1) is 25.9 Å². The maximum Gasteiger partial charge on any atom is 0.197 e. The molecular weight excluding hydrogens is 322 g/mol. The van der Waals surface area contributed by atoms with Crippen molar-refractivity contribution >= 4 is 5.78 Å². The third-order valence-corrected chi connectivity index (χ3v) is 4.48. The van der Waals surface area contributed by atoms with Crippen LogP contribution in [0.25, 0.3) is 0 Å². The molecule has 25 heavy (non-hydrogen) atoms. The van der Waals surface area contributed by atoms with Gasteiger partial charge in [0.2, 0.25) is 0 Å². The highest BCUT2D eigenvalue weighted by Gasteiger charge is 2.36. The summed E-state index contributed by atoms with van der Waals surface area (Å²) in [7, 11) is 1.56. The molecule has 0 N–H and O–H groups in total. The number of ether oxygens (including phenoxy) is 4. The molecule has 1 aromatic rings. The number of benzene rings is 1. The SMILES string of the molecule is CCOC(C)Oc1ccc(C(=O)C(C)(C)N2CCOCC2)cc1OC. The van der Waals surface area contributed by atoms with Crippen LogP contribution in [0.1, 0.15) is 38.1 Å². The van der Waals surface area contributed by atoms with Crippen LogP contribution >= 0.6 is 0 Å². The number of hydrogen-bond donors (Lipinski definition) is 0. The highest BCUT2D eigenvalue weighted by molar-refractivity contribution is 6.03. The first-order valence-electron chi connectivity index (χ1n) is 8.74. The Morgan fingerprint density at radius 3 is 2.56 bits per heavy atom. The number of morpholine rings is 1. The number of rotatable bonds is 8. The molecule has 0 amide bonds. The number of carbonyl (C=O) groups is 1. The molecular formula is C19H29NO5. The van der Waals surface area contributed by atoms with Gasteiger partial charge in [0.1, 0.15) is 0 Å². The van der Waals surface area contributed by atoms with E-state index in [9.17, 15) is 4.79 Å². The van der Waals surface area contributed by atoms with Gasteiger partial charge >= 0.3 is 0 Å². The van der Waals surface area contributed by atoms with Crippen molar-refractivity contribution in [2.75, 3.05) is 40.0 Å². The Hall–Kier alpha value is -1.63. The van der Waals surface area contributed by atoms with Gasteiger partial charge in [-0.05, 0) is 45.9 Å². The average Bonchev–Trinajstić information content (AvgIpc) is 2.62. The Morgan fingerprint density at radius 1 is 1.28 bits per heavy atom. The van der Waals surface area contributed by atoms with Crippen LogP contribution in [-0.2, 0) is 9.47 Å². The standard InChI is InChI=1S/C19H29NO5/c1-6-24-14(2)25-16-8-7-15(13-17(16)22-5)18(21)19(3,4)20-9-11-23-12-10-20/h7-8,13-14H,6,9-12H2,1-5H3. The fraction of sp³-hybridized carbons (Fsp3) is 0.632. The van der Waals surface area contributed by atoms with Crippen LogP contribution in [0.15, 0.2) is 18.2 Å². The first-order chi connectivity index (χ1) is 11.9. The molecule has 0 radical (unpaired) electrons. The molecule has 1 atom stereocenters. The van der Waals surface area contributed by atoms with Crippen molar-refractivity contribution in [3.8, 4) is 11.5 Å². The van der Waals surface area contributed by atoms with Crippen LogP contribution < -0.4 is 9.47 Å². The summed E-state index contributed by atoms with van der Waals surface area (Å²) in [6, 6.07) is 5.27. The van der Waals surface area contributed by atoms with Crippen molar-refractivity contribution in [2.24, 2.45) is 0 Å². The van der Waals surface area contributed by atoms with Crippen LogP contribution in [0.4, 0.5) is 0 Å². The van der Waals surface area contributed by atoms with E-state index in [1.165, 1.54) is 0 Å². The van der Waals surface area contributed by atoms with Crippen LogP contribution in [0.3, 0.4) is 0 Å². The summed E-state index contributed by atoms with van der Waals surface area (Å²) < 4.78 is 21.9. The zero-order valence-electron chi connectivity index (χ0n) is 15.8. The lowest BCUT2D eigenvalue weighted by atomic mass is 9.90. The molecule has 1 aliphatic heterocycles. The topological polar surface area (TPSA) is 57.2 Å². The average molecular weight is 351 g/mol. The molecule has 1 saturated heterocycles. The van der Waals surface area contributed by atoms with Crippen molar-refractivity contribution < 1.29 is 23.7 Å². The van der Waals surface area contributed by atoms with E-state index in [0.29, 0.717) is 36.9 Å². The lowest BCUT2D eigenvalue weighted by Crippen LogP contribution is -2.54. The summed E-state index contributed by atoms with van der Waals surface area (Å²) in [4.78, 5) is 15.2. The van der Waals surface area contributed by atoms with Gasteiger partial charge < -0.3 is 18.9 Å². The fourth-order valence-electron chi connectivity index (χ4n) is 2.97. The molecule has 1 aliphatic rings. The third kappa shape index (κ3) is 4.71. The summed E-state index contributed by atoms with van der Waals surface area (Å²) in [5, 5.41) is 0. The maximum absolute atomic E-state index is 13.1. The van der Waals surface area contributed by atoms with Crippen molar-refractivity contribution in [3.05, 3.63) is 23.8 Å². The Bertz CT molecular complexity index is 581. The maximum atomic E-state index is 13.1. The summed E-state index contributed by atoms with van der Waals surface area (Å²) >= 11 is 0. The number of hydrogen-bond acceptors (Lipinski definition) is 6. The number of ketones is 1. The highest BCUT2D eigenvalue weighted by Crippen LogP contribution is 2.31. The number of Topliss-reactive ketones (excluding diaryl/α,β-unsaturated/α-hetero) is 1. The van der Waals surface area contributed by atoms with Crippen LogP contribution in [0.2, 0.25) is 0 Å². The highest BCUT2D eigenvalue weighted by atomic mass is 16.7. The predicted molar refractivity (Wildman–Crippen MR) is 95.5 cm³/mol. The van der Waals surface area contributed by atoms with Gasteiger partial charge in [-0.2, -0.15) is 0 Å². The van der Waals surface area contributed by atoms with Crippen molar-refractivity contribution in [3.63, 3.8) is 0 Å². The minimum Gasteiger partial charge on any atom is -0.493 e. The van der Waals surface area contributed by atoms with Crippen molar-refractivity contribution in [2.45, 2.75) is 39.5 Å². The number of nitrogens with zero attached hydrogens (tertiary/aromatic N) is 1. The largest absolute Gasteiger partial charge is 0.493 e.